The smallest absolute Gasteiger partial charge is 0.191 e. The molecule has 2 rings (SSSR count). The first kappa shape index (κ1) is 18.0. The third kappa shape index (κ3) is 6.17. The SMILES string of the molecule is CCNC(=NCc1cnc(C)s1)NCC1CCCS1.I. The molecule has 0 aliphatic carbocycles. The number of hydrogen-bond donors (Lipinski definition) is 2. The molecule has 0 aromatic carbocycles. The minimum atomic E-state index is 0. The highest BCUT2D eigenvalue weighted by atomic mass is 127. The van der Waals surface area contributed by atoms with Crippen LogP contribution >= 0.6 is 47.1 Å². The van der Waals surface area contributed by atoms with E-state index >= 15 is 0 Å². The van der Waals surface area contributed by atoms with Crippen molar-refractivity contribution in [2.75, 3.05) is 18.8 Å². The molecule has 1 aliphatic rings. The van der Waals surface area contributed by atoms with E-state index in [-0.39, 0.29) is 24.0 Å². The number of nitrogens with one attached hydrogen (secondary N) is 2. The lowest BCUT2D eigenvalue weighted by Gasteiger charge is -2.14. The van der Waals surface area contributed by atoms with Gasteiger partial charge in [0.15, 0.2) is 5.96 Å². The number of guanidine groups is 1. The molecule has 1 aromatic heterocycles. The molecule has 20 heavy (non-hydrogen) atoms. The molecular weight excluding hydrogens is 403 g/mol. The van der Waals surface area contributed by atoms with Gasteiger partial charge in [-0.25, -0.2) is 9.98 Å². The fourth-order valence-electron chi connectivity index (χ4n) is 1.99. The minimum absolute atomic E-state index is 0. The molecule has 1 saturated heterocycles. The molecule has 1 atom stereocenters. The van der Waals surface area contributed by atoms with Crippen LogP contribution in [0.2, 0.25) is 0 Å². The molecule has 7 heteroatoms. The molecule has 1 aliphatic heterocycles. The fraction of sp³-hybridized carbons (Fsp3) is 0.692. The van der Waals surface area contributed by atoms with Crippen molar-refractivity contribution in [1.82, 2.24) is 15.6 Å². The molecule has 0 radical (unpaired) electrons. The molecule has 114 valence electrons. The molecular formula is C13H23IN4S2. The van der Waals surface area contributed by atoms with Gasteiger partial charge in [0, 0.05) is 29.4 Å². The van der Waals surface area contributed by atoms with Gasteiger partial charge in [-0.3, -0.25) is 0 Å². The number of thioether (sulfide) groups is 1. The number of halogens is 1. The van der Waals surface area contributed by atoms with Crippen LogP contribution in [0.1, 0.15) is 29.7 Å². The van der Waals surface area contributed by atoms with Gasteiger partial charge in [-0.15, -0.1) is 35.3 Å². The highest BCUT2D eigenvalue weighted by molar-refractivity contribution is 14.0. The number of aromatic nitrogens is 1. The molecule has 1 unspecified atom stereocenters. The van der Waals surface area contributed by atoms with E-state index < -0.39 is 0 Å². The van der Waals surface area contributed by atoms with E-state index in [1.54, 1.807) is 11.3 Å². The second kappa shape index (κ2) is 9.83. The first-order valence-electron chi connectivity index (χ1n) is 6.83. The monoisotopic (exact) mass is 426 g/mol. The summed E-state index contributed by atoms with van der Waals surface area (Å²) in [5.41, 5.74) is 0. The van der Waals surface area contributed by atoms with Crippen molar-refractivity contribution in [2.24, 2.45) is 4.99 Å². The Kier molecular flexibility index (Phi) is 8.86. The maximum Gasteiger partial charge on any atom is 0.191 e. The minimum Gasteiger partial charge on any atom is -0.357 e. The number of aliphatic imine (C=N–C) groups is 1. The summed E-state index contributed by atoms with van der Waals surface area (Å²) in [4.78, 5) is 10.1. The maximum absolute atomic E-state index is 4.61. The third-order valence-corrected chi connectivity index (χ3v) is 5.22. The van der Waals surface area contributed by atoms with Gasteiger partial charge >= 0.3 is 0 Å². The summed E-state index contributed by atoms with van der Waals surface area (Å²) < 4.78 is 0. The lowest BCUT2D eigenvalue weighted by atomic mass is 10.2. The van der Waals surface area contributed by atoms with E-state index in [1.807, 2.05) is 13.1 Å². The zero-order chi connectivity index (χ0) is 13.5. The summed E-state index contributed by atoms with van der Waals surface area (Å²) >= 11 is 3.78. The van der Waals surface area contributed by atoms with Crippen LogP contribution in [-0.2, 0) is 6.54 Å². The maximum atomic E-state index is 4.61. The van der Waals surface area contributed by atoms with Gasteiger partial charge in [0.2, 0.25) is 0 Å². The second-order valence-corrected chi connectivity index (χ2v) is 7.28. The molecule has 0 bridgehead atoms. The molecule has 0 amide bonds. The Balaban J connectivity index is 0.00000200. The van der Waals surface area contributed by atoms with E-state index in [1.165, 1.54) is 23.5 Å². The summed E-state index contributed by atoms with van der Waals surface area (Å²) in [6.45, 7) is 6.74. The molecule has 4 nitrogen and oxygen atoms in total. The van der Waals surface area contributed by atoms with E-state index in [0.717, 1.165) is 29.3 Å². The number of nitrogens with zero attached hydrogens (tertiary/aromatic N) is 2. The van der Waals surface area contributed by atoms with Crippen molar-refractivity contribution in [3.05, 3.63) is 16.1 Å². The average molecular weight is 426 g/mol. The van der Waals surface area contributed by atoms with Crippen LogP contribution in [0.4, 0.5) is 0 Å². The summed E-state index contributed by atoms with van der Waals surface area (Å²) in [7, 11) is 0. The van der Waals surface area contributed by atoms with Crippen molar-refractivity contribution in [3.63, 3.8) is 0 Å². The Morgan fingerprint density at radius 2 is 2.35 bits per heavy atom. The highest BCUT2D eigenvalue weighted by Gasteiger charge is 2.15. The van der Waals surface area contributed by atoms with E-state index in [2.05, 4.69) is 39.3 Å². The molecule has 1 aromatic rings. The molecule has 2 N–H and O–H groups in total. The first-order valence-corrected chi connectivity index (χ1v) is 8.69. The van der Waals surface area contributed by atoms with Crippen LogP contribution in [0, 0.1) is 6.92 Å². The van der Waals surface area contributed by atoms with Crippen LogP contribution in [0.25, 0.3) is 0 Å². The lowest BCUT2D eigenvalue weighted by molar-refractivity contribution is 0.727. The summed E-state index contributed by atoms with van der Waals surface area (Å²) in [6, 6.07) is 0. The summed E-state index contributed by atoms with van der Waals surface area (Å²) in [6.07, 6.45) is 4.59. The zero-order valence-corrected chi connectivity index (χ0v) is 16.0. The Bertz CT molecular complexity index is 416. The van der Waals surface area contributed by atoms with Crippen LogP contribution in [0.5, 0.6) is 0 Å². The van der Waals surface area contributed by atoms with E-state index in [9.17, 15) is 0 Å². The van der Waals surface area contributed by atoms with Gasteiger partial charge < -0.3 is 10.6 Å². The highest BCUT2D eigenvalue weighted by Crippen LogP contribution is 2.25. The Morgan fingerprint density at radius 1 is 1.50 bits per heavy atom. The Morgan fingerprint density at radius 3 is 2.95 bits per heavy atom. The van der Waals surface area contributed by atoms with Gasteiger partial charge in [0.1, 0.15) is 0 Å². The summed E-state index contributed by atoms with van der Waals surface area (Å²) in [5.74, 6) is 2.22. The number of hydrogen-bond acceptors (Lipinski definition) is 4. The van der Waals surface area contributed by atoms with Crippen LogP contribution in [0.3, 0.4) is 0 Å². The molecule has 1 fully saturated rings. The first-order chi connectivity index (χ1) is 9.28. The van der Waals surface area contributed by atoms with Gasteiger partial charge in [0.25, 0.3) is 0 Å². The topological polar surface area (TPSA) is 49.3 Å². The Labute approximate surface area is 146 Å². The van der Waals surface area contributed by atoms with Crippen LogP contribution in [-0.4, -0.2) is 35.0 Å². The van der Waals surface area contributed by atoms with Crippen molar-refractivity contribution in [2.45, 2.75) is 38.5 Å². The van der Waals surface area contributed by atoms with Gasteiger partial charge in [-0.05, 0) is 32.4 Å². The number of aryl methyl sites for hydroxylation is 1. The quantitative estimate of drug-likeness (QED) is 0.432. The van der Waals surface area contributed by atoms with Crippen molar-refractivity contribution < 1.29 is 0 Å². The number of thiazole rings is 1. The molecule has 0 saturated carbocycles. The van der Waals surface area contributed by atoms with Crippen molar-refractivity contribution >= 4 is 53.0 Å². The van der Waals surface area contributed by atoms with Crippen LogP contribution in [0.15, 0.2) is 11.2 Å². The van der Waals surface area contributed by atoms with Gasteiger partial charge in [-0.2, -0.15) is 11.8 Å². The second-order valence-electron chi connectivity index (χ2n) is 4.56. The predicted octanol–water partition coefficient (Wildman–Crippen LogP) is 3.02. The largest absolute Gasteiger partial charge is 0.357 e. The fourth-order valence-corrected chi connectivity index (χ4v) is 3.91. The molecule has 2 heterocycles. The molecule has 0 spiro atoms. The predicted molar refractivity (Wildman–Crippen MR) is 101 cm³/mol. The van der Waals surface area contributed by atoms with Crippen molar-refractivity contribution in [1.29, 1.82) is 0 Å². The summed E-state index contributed by atoms with van der Waals surface area (Å²) in [5, 5.41) is 8.59. The van der Waals surface area contributed by atoms with E-state index in [0.29, 0.717) is 6.54 Å². The third-order valence-electron chi connectivity index (χ3n) is 2.93. The average Bonchev–Trinajstić information content (AvgIpc) is 3.04. The van der Waals surface area contributed by atoms with Crippen molar-refractivity contribution in [3.8, 4) is 0 Å². The van der Waals surface area contributed by atoms with Crippen LogP contribution < -0.4 is 10.6 Å². The Hall–Kier alpha value is -0.0200. The van der Waals surface area contributed by atoms with Gasteiger partial charge in [0.05, 0.1) is 11.6 Å². The normalized spacial score (nSPS) is 18.7. The van der Waals surface area contributed by atoms with E-state index in [4.69, 9.17) is 0 Å². The number of rotatable bonds is 5. The standard InChI is InChI=1S/C13H22N4S2.HI/c1-3-14-13(16-7-11-5-4-6-18-11)17-9-12-8-15-10(2)19-12;/h8,11H,3-7,9H2,1-2H3,(H2,14,16,17);1H. The zero-order valence-electron chi connectivity index (χ0n) is 12.0. The lowest BCUT2D eigenvalue weighted by Crippen LogP contribution is -2.40. The van der Waals surface area contributed by atoms with Gasteiger partial charge in [-0.1, -0.05) is 0 Å².